The fraction of sp³-hybridized carbons (Fsp3) is 0.111. The van der Waals surface area contributed by atoms with Crippen molar-refractivity contribution >= 4 is 29.5 Å². The Bertz CT molecular complexity index is 759. The highest BCUT2D eigenvalue weighted by atomic mass is 35.5. The molecule has 124 valence electrons. The van der Waals surface area contributed by atoms with Gasteiger partial charge in [0.25, 0.3) is 11.8 Å². The van der Waals surface area contributed by atoms with Crippen molar-refractivity contribution < 1.29 is 14.3 Å². The van der Waals surface area contributed by atoms with Gasteiger partial charge in [-0.3, -0.25) is 20.4 Å². The lowest BCUT2D eigenvalue weighted by Gasteiger charge is -2.08. The van der Waals surface area contributed by atoms with E-state index in [0.29, 0.717) is 16.3 Å². The Labute approximate surface area is 145 Å². The van der Waals surface area contributed by atoms with Crippen molar-refractivity contribution in [3.8, 4) is 5.75 Å². The molecule has 0 atom stereocenters. The predicted octanol–water partition coefficient (Wildman–Crippen LogP) is 2.89. The molecule has 0 saturated carbocycles. The highest BCUT2D eigenvalue weighted by molar-refractivity contribution is 6.32. The zero-order valence-corrected chi connectivity index (χ0v) is 13.8. The van der Waals surface area contributed by atoms with E-state index in [4.69, 9.17) is 16.3 Å². The maximum atomic E-state index is 11.7. The minimum atomic E-state index is -0.473. The molecule has 0 bridgehead atoms. The van der Waals surface area contributed by atoms with Crippen LogP contribution >= 0.6 is 11.6 Å². The lowest BCUT2D eigenvalue weighted by molar-refractivity contribution is -0.128. The third-order valence-corrected chi connectivity index (χ3v) is 3.35. The van der Waals surface area contributed by atoms with Crippen LogP contribution in [-0.2, 0) is 9.59 Å². The molecule has 0 aliphatic rings. The van der Waals surface area contributed by atoms with Crippen LogP contribution < -0.4 is 15.6 Å². The van der Waals surface area contributed by atoms with Crippen molar-refractivity contribution in [1.29, 1.82) is 0 Å². The van der Waals surface area contributed by atoms with E-state index in [1.807, 2.05) is 31.2 Å². The molecule has 2 aromatic rings. The van der Waals surface area contributed by atoms with Crippen LogP contribution in [0.1, 0.15) is 11.1 Å². The molecular weight excluding hydrogens is 328 g/mol. The molecular formula is C18H17ClN2O3. The molecule has 2 rings (SSSR count). The summed E-state index contributed by atoms with van der Waals surface area (Å²) >= 11 is 5.98. The first kappa shape index (κ1) is 17.6. The monoisotopic (exact) mass is 344 g/mol. The van der Waals surface area contributed by atoms with Gasteiger partial charge in [-0.1, -0.05) is 41.9 Å². The topological polar surface area (TPSA) is 67.4 Å². The normalized spacial score (nSPS) is 10.4. The third kappa shape index (κ3) is 5.78. The van der Waals surface area contributed by atoms with Gasteiger partial charge >= 0.3 is 0 Å². The molecule has 0 aromatic heterocycles. The number of rotatable bonds is 5. The molecule has 0 fully saturated rings. The average molecular weight is 345 g/mol. The largest absolute Gasteiger partial charge is 0.484 e. The second-order valence-corrected chi connectivity index (χ2v) is 5.40. The molecule has 2 aromatic carbocycles. The van der Waals surface area contributed by atoms with Gasteiger partial charge in [-0.15, -0.1) is 0 Å². The van der Waals surface area contributed by atoms with Crippen LogP contribution in [0, 0.1) is 6.92 Å². The predicted molar refractivity (Wildman–Crippen MR) is 93.4 cm³/mol. The number of nitrogens with one attached hydrogen (secondary N) is 2. The van der Waals surface area contributed by atoms with E-state index in [1.54, 1.807) is 30.3 Å². The van der Waals surface area contributed by atoms with Crippen LogP contribution in [0.2, 0.25) is 5.02 Å². The SMILES string of the molecule is Cc1cccc(OCC(=O)NNC(=O)/C=C/c2ccccc2Cl)c1. The molecule has 24 heavy (non-hydrogen) atoms. The number of hydrogen-bond acceptors (Lipinski definition) is 3. The summed E-state index contributed by atoms with van der Waals surface area (Å²) in [6.45, 7) is 1.73. The lowest BCUT2D eigenvalue weighted by atomic mass is 10.2. The molecule has 0 unspecified atom stereocenters. The Hall–Kier alpha value is -2.79. The zero-order chi connectivity index (χ0) is 17.4. The summed E-state index contributed by atoms with van der Waals surface area (Å²) in [6.07, 6.45) is 2.84. The van der Waals surface area contributed by atoms with Gasteiger partial charge in [-0.25, -0.2) is 0 Å². The first-order valence-electron chi connectivity index (χ1n) is 7.25. The van der Waals surface area contributed by atoms with E-state index in [0.717, 1.165) is 5.56 Å². The Kier molecular flexibility index (Phi) is 6.40. The summed E-state index contributed by atoms with van der Waals surface area (Å²) in [6, 6.07) is 14.5. The Morgan fingerprint density at radius 3 is 2.67 bits per heavy atom. The number of benzene rings is 2. The van der Waals surface area contributed by atoms with Gasteiger partial charge in [0.05, 0.1) is 0 Å². The third-order valence-electron chi connectivity index (χ3n) is 3.00. The number of halogens is 1. The Morgan fingerprint density at radius 1 is 1.12 bits per heavy atom. The smallest absolute Gasteiger partial charge is 0.276 e. The number of carbonyl (C=O) groups excluding carboxylic acids is 2. The first-order valence-corrected chi connectivity index (χ1v) is 7.63. The van der Waals surface area contributed by atoms with Crippen LogP contribution in [0.4, 0.5) is 0 Å². The summed E-state index contributed by atoms with van der Waals surface area (Å²) in [7, 11) is 0. The molecule has 0 heterocycles. The molecule has 2 amide bonds. The molecule has 6 heteroatoms. The minimum Gasteiger partial charge on any atom is -0.484 e. The number of ether oxygens (including phenoxy) is 1. The molecule has 0 spiro atoms. The molecule has 2 N–H and O–H groups in total. The maximum Gasteiger partial charge on any atom is 0.276 e. The number of hydrazine groups is 1. The van der Waals surface area contributed by atoms with Crippen LogP contribution in [-0.4, -0.2) is 18.4 Å². The maximum absolute atomic E-state index is 11.7. The van der Waals surface area contributed by atoms with Gasteiger partial charge in [-0.05, 0) is 42.3 Å². The van der Waals surface area contributed by atoms with Gasteiger partial charge in [-0.2, -0.15) is 0 Å². The number of carbonyl (C=O) groups is 2. The summed E-state index contributed by atoms with van der Waals surface area (Å²) in [5.41, 5.74) is 6.29. The van der Waals surface area contributed by atoms with Crippen molar-refractivity contribution in [2.45, 2.75) is 6.92 Å². The quantitative estimate of drug-likeness (QED) is 0.647. The van der Waals surface area contributed by atoms with Crippen molar-refractivity contribution in [3.63, 3.8) is 0 Å². The molecule has 5 nitrogen and oxygen atoms in total. The number of aryl methyl sites for hydroxylation is 1. The summed E-state index contributed by atoms with van der Waals surface area (Å²) in [5.74, 6) is -0.343. The van der Waals surface area contributed by atoms with Gasteiger partial charge in [0.2, 0.25) is 0 Å². The van der Waals surface area contributed by atoms with Crippen molar-refractivity contribution in [3.05, 3.63) is 70.8 Å². The van der Waals surface area contributed by atoms with E-state index in [1.165, 1.54) is 6.08 Å². The van der Waals surface area contributed by atoms with E-state index in [9.17, 15) is 9.59 Å². The van der Waals surface area contributed by atoms with Crippen LogP contribution in [0.15, 0.2) is 54.6 Å². The first-order chi connectivity index (χ1) is 11.5. The second kappa shape index (κ2) is 8.74. The van der Waals surface area contributed by atoms with E-state index in [-0.39, 0.29) is 6.61 Å². The highest BCUT2D eigenvalue weighted by Gasteiger charge is 2.04. The molecule has 0 aliphatic heterocycles. The lowest BCUT2D eigenvalue weighted by Crippen LogP contribution is -2.43. The van der Waals surface area contributed by atoms with Gasteiger partial charge in [0.1, 0.15) is 5.75 Å². The standard InChI is InChI=1S/C18H17ClN2O3/c1-13-5-4-7-15(11-13)24-12-18(23)21-20-17(22)10-9-14-6-2-3-8-16(14)19/h2-11H,12H2,1H3,(H,20,22)(H,21,23)/b10-9+. The van der Waals surface area contributed by atoms with Gasteiger partial charge in [0, 0.05) is 11.1 Å². The zero-order valence-electron chi connectivity index (χ0n) is 13.1. The van der Waals surface area contributed by atoms with Crippen LogP contribution in [0.5, 0.6) is 5.75 Å². The summed E-state index contributed by atoms with van der Waals surface area (Å²) in [5, 5.41) is 0.539. The summed E-state index contributed by atoms with van der Waals surface area (Å²) in [4.78, 5) is 23.3. The molecule has 0 radical (unpaired) electrons. The van der Waals surface area contributed by atoms with Gasteiger partial charge < -0.3 is 4.74 Å². The second-order valence-electron chi connectivity index (χ2n) is 5.00. The fourth-order valence-electron chi connectivity index (χ4n) is 1.84. The Balaban J connectivity index is 1.75. The van der Waals surface area contributed by atoms with Crippen LogP contribution in [0.3, 0.4) is 0 Å². The number of hydrogen-bond donors (Lipinski definition) is 2. The van der Waals surface area contributed by atoms with E-state index in [2.05, 4.69) is 10.9 Å². The highest BCUT2D eigenvalue weighted by Crippen LogP contribution is 2.16. The van der Waals surface area contributed by atoms with Gasteiger partial charge in [0.15, 0.2) is 6.61 Å². The van der Waals surface area contributed by atoms with E-state index >= 15 is 0 Å². The summed E-state index contributed by atoms with van der Waals surface area (Å²) < 4.78 is 5.33. The van der Waals surface area contributed by atoms with Crippen molar-refractivity contribution in [2.24, 2.45) is 0 Å². The average Bonchev–Trinajstić information content (AvgIpc) is 2.57. The number of amides is 2. The van der Waals surface area contributed by atoms with Crippen LogP contribution in [0.25, 0.3) is 6.08 Å². The van der Waals surface area contributed by atoms with Crippen molar-refractivity contribution in [1.82, 2.24) is 10.9 Å². The van der Waals surface area contributed by atoms with E-state index < -0.39 is 11.8 Å². The fourth-order valence-corrected chi connectivity index (χ4v) is 2.04. The minimum absolute atomic E-state index is 0.196. The Morgan fingerprint density at radius 2 is 1.92 bits per heavy atom. The van der Waals surface area contributed by atoms with Crippen molar-refractivity contribution in [2.75, 3.05) is 6.61 Å². The molecule has 0 saturated heterocycles. The molecule has 0 aliphatic carbocycles.